The molecular formula is C15H18FN3. The van der Waals surface area contributed by atoms with Crippen molar-refractivity contribution in [2.45, 2.75) is 38.3 Å². The molecule has 0 aliphatic heterocycles. The molecule has 19 heavy (non-hydrogen) atoms. The molecule has 3 nitrogen and oxygen atoms in total. The van der Waals surface area contributed by atoms with E-state index in [1.807, 2.05) is 16.9 Å². The molecule has 1 heterocycles. The van der Waals surface area contributed by atoms with Gasteiger partial charge < -0.3 is 5.73 Å². The summed E-state index contributed by atoms with van der Waals surface area (Å²) in [5.41, 5.74) is 9.48. The van der Waals surface area contributed by atoms with E-state index in [4.69, 9.17) is 5.73 Å². The van der Waals surface area contributed by atoms with Gasteiger partial charge in [0.2, 0.25) is 0 Å². The van der Waals surface area contributed by atoms with Crippen LogP contribution in [0.5, 0.6) is 0 Å². The van der Waals surface area contributed by atoms with E-state index in [0.717, 1.165) is 36.8 Å². The summed E-state index contributed by atoms with van der Waals surface area (Å²) in [7, 11) is 0. The summed E-state index contributed by atoms with van der Waals surface area (Å²) in [6, 6.07) is 6.78. The molecule has 0 spiro atoms. The molecule has 0 radical (unpaired) electrons. The summed E-state index contributed by atoms with van der Waals surface area (Å²) < 4.78 is 15.2. The number of hydrogen-bond donors (Lipinski definition) is 1. The standard InChI is InChI=1S/C15H18FN3/c16-12-5-3-4-11(8-12)10-19-15-7-2-1-6-14(17)13(15)9-18-19/h3-5,8-9,14H,1-2,6-7,10,17H2. The first kappa shape index (κ1) is 12.4. The average Bonchev–Trinajstić information content (AvgIpc) is 2.68. The zero-order chi connectivity index (χ0) is 13.2. The van der Waals surface area contributed by atoms with Gasteiger partial charge in [0.05, 0.1) is 12.7 Å². The summed E-state index contributed by atoms with van der Waals surface area (Å²) in [6.07, 6.45) is 6.23. The van der Waals surface area contributed by atoms with Gasteiger partial charge in [-0.05, 0) is 37.0 Å². The number of hydrogen-bond acceptors (Lipinski definition) is 2. The fourth-order valence-corrected chi connectivity index (χ4v) is 2.76. The number of fused-ring (bicyclic) bond motifs is 1. The zero-order valence-corrected chi connectivity index (χ0v) is 10.8. The maximum atomic E-state index is 13.2. The van der Waals surface area contributed by atoms with Crippen molar-refractivity contribution in [3.63, 3.8) is 0 Å². The van der Waals surface area contributed by atoms with Crippen LogP contribution in [0.4, 0.5) is 4.39 Å². The average molecular weight is 259 g/mol. The molecule has 0 fully saturated rings. The highest BCUT2D eigenvalue weighted by Gasteiger charge is 2.19. The Morgan fingerprint density at radius 2 is 2.26 bits per heavy atom. The van der Waals surface area contributed by atoms with Gasteiger partial charge in [-0.3, -0.25) is 4.68 Å². The van der Waals surface area contributed by atoms with Crippen molar-refractivity contribution < 1.29 is 4.39 Å². The smallest absolute Gasteiger partial charge is 0.123 e. The van der Waals surface area contributed by atoms with Crippen molar-refractivity contribution in [3.05, 3.63) is 53.1 Å². The van der Waals surface area contributed by atoms with Crippen LogP contribution in [0.2, 0.25) is 0 Å². The highest BCUT2D eigenvalue weighted by Crippen LogP contribution is 2.27. The van der Waals surface area contributed by atoms with E-state index in [0.29, 0.717) is 6.54 Å². The number of nitrogens with two attached hydrogens (primary N) is 1. The van der Waals surface area contributed by atoms with Gasteiger partial charge in [0.15, 0.2) is 0 Å². The molecule has 1 aromatic heterocycles. The Kier molecular flexibility index (Phi) is 3.34. The largest absolute Gasteiger partial charge is 0.324 e. The van der Waals surface area contributed by atoms with Crippen LogP contribution >= 0.6 is 0 Å². The molecule has 0 amide bonds. The lowest BCUT2D eigenvalue weighted by atomic mass is 10.1. The van der Waals surface area contributed by atoms with E-state index in [2.05, 4.69) is 5.10 Å². The number of aromatic nitrogens is 2. The van der Waals surface area contributed by atoms with E-state index in [1.165, 1.54) is 11.8 Å². The van der Waals surface area contributed by atoms with Gasteiger partial charge >= 0.3 is 0 Å². The Morgan fingerprint density at radius 1 is 1.37 bits per heavy atom. The number of benzene rings is 1. The van der Waals surface area contributed by atoms with Crippen LogP contribution in [0.25, 0.3) is 0 Å². The van der Waals surface area contributed by atoms with Crippen LogP contribution in [0.15, 0.2) is 30.5 Å². The molecule has 0 saturated carbocycles. The fraction of sp³-hybridized carbons (Fsp3) is 0.400. The summed E-state index contributed by atoms with van der Waals surface area (Å²) in [5, 5.41) is 4.43. The van der Waals surface area contributed by atoms with Gasteiger partial charge in [0, 0.05) is 17.3 Å². The highest BCUT2D eigenvalue weighted by atomic mass is 19.1. The van der Waals surface area contributed by atoms with Crippen molar-refractivity contribution in [3.8, 4) is 0 Å². The molecule has 3 rings (SSSR count). The van der Waals surface area contributed by atoms with Crippen LogP contribution in [-0.4, -0.2) is 9.78 Å². The predicted octanol–water partition coefficient (Wildman–Crippen LogP) is 2.80. The van der Waals surface area contributed by atoms with Crippen LogP contribution in [0.1, 0.15) is 42.1 Å². The Morgan fingerprint density at radius 3 is 3.11 bits per heavy atom. The monoisotopic (exact) mass is 259 g/mol. The minimum Gasteiger partial charge on any atom is -0.324 e. The Hall–Kier alpha value is -1.68. The molecule has 0 bridgehead atoms. The van der Waals surface area contributed by atoms with Crippen molar-refractivity contribution in [1.29, 1.82) is 0 Å². The van der Waals surface area contributed by atoms with E-state index in [-0.39, 0.29) is 11.9 Å². The second kappa shape index (κ2) is 5.13. The third-order valence-corrected chi connectivity index (χ3v) is 3.78. The maximum absolute atomic E-state index is 13.2. The van der Waals surface area contributed by atoms with Gasteiger partial charge in [-0.1, -0.05) is 18.6 Å². The summed E-state index contributed by atoms with van der Waals surface area (Å²) >= 11 is 0. The quantitative estimate of drug-likeness (QED) is 0.843. The zero-order valence-electron chi connectivity index (χ0n) is 10.8. The lowest BCUT2D eigenvalue weighted by Gasteiger charge is -2.10. The normalized spacial score (nSPS) is 18.9. The highest BCUT2D eigenvalue weighted by molar-refractivity contribution is 5.25. The van der Waals surface area contributed by atoms with E-state index >= 15 is 0 Å². The van der Waals surface area contributed by atoms with E-state index < -0.39 is 0 Å². The molecule has 1 atom stereocenters. The summed E-state index contributed by atoms with van der Waals surface area (Å²) in [5.74, 6) is -0.201. The molecule has 2 N–H and O–H groups in total. The number of nitrogens with zero attached hydrogens (tertiary/aromatic N) is 2. The van der Waals surface area contributed by atoms with Gasteiger partial charge in [-0.25, -0.2) is 4.39 Å². The van der Waals surface area contributed by atoms with Crippen LogP contribution in [0, 0.1) is 5.82 Å². The lowest BCUT2D eigenvalue weighted by Crippen LogP contribution is -2.11. The van der Waals surface area contributed by atoms with Crippen LogP contribution < -0.4 is 5.73 Å². The van der Waals surface area contributed by atoms with Gasteiger partial charge in [-0.15, -0.1) is 0 Å². The second-order valence-corrected chi connectivity index (χ2v) is 5.19. The number of rotatable bonds is 2. The van der Waals surface area contributed by atoms with Gasteiger partial charge in [0.1, 0.15) is 5.82 Å². The molecule has 1 aliphatic rings. The lowest BCUT2D eigenvalue weighted by molar-refractivity contribution is 0.597. The van der Waals surface area contributed by atoms with E-state index in [1.54, 1.807) is 12.1 Å². The van der Waals surface area contributed by atoms with Crippen LogP contribution in [-0.2, 0) is 13.0 Å². The Labute approximate surface area is 112 Å². The SMILES string of the molecule is NC1CCCCc2c1cnn2Cc1cccc(F)c1. The van der Waals surface area contributed by atoms with Gasteiger partial charge in [0.25, 0.3) is 0 Å². The van der Waals surface area contributed by atoms with Crippen molar-refractivity contribution in [2.24, 2.45) is 5.73 Å². The summed E-state index contributed by atoms with van der Waals surface area (Å²) in [4.78, 5) is 0. The molecule has 100 valence electrons. The van der Waals surface area contributed by atoms with Crippen molar-refractivity contribution >= 4 is 0 Å². The first-order chi connectivity index (χ1) is 9.24. The van der Waals surface area contributed by atoms with Gasteiger partial charge in [-0.2, -0.15) is 5.10 Å². The van der Waals surface area contributed by atoms with Crippen molar-refractivity contribution in [1.82, 2.24) is 9.78 Å². The molecule has 1 aromatic carbocycles. The molecule has 0 saturated heterocycles. The molecule has 2 aromatic rings. The Balaban J connectivity index is 1.90. The summed E-state index contributed by atoms with van der Waals surface area (Å²) in [6.45, 7) is 0.611. The van der Waals surface area contributed by atoms with E-state index in [9.17, 15) is 4.39 Å². The topological polar surface area (TPSA) is 43.8 Å². The second-order valence-electron chi connectivity index (χ2n) is 5.19. The first-order valence-electron chi connectivity index (χ1n) is 6.78. The van der Waals surface area contributed by atoms with Crippen LogP contribution in [0.3, 0.4) is 0 Å². The molecular weight excluding hydrogens is 241 g/mol. The molecule has 1 unspecified atom stereocenters. The minimum absolute atomic E-state index is 0.0961. The third kappa shape index (κ3) is 2.54. The maximum Gasteiger partial charge on any atom is 0.123 e. The number of halogens is 1. The third-order valence-electron chi connectivity index (χ3n) is 3.78. The molecule has 4 heteroatoms. The Bertz CT molecular complexity index is 577. The first-order valence-corrected chi connectivity index (χ1v) is 6.78. The minimum atomic E-state index is -0.201. The van der Waals surface area contributed by atoms with Crippen molar-refractivity contribution in [2.75, 3.05) is 0 Å². The molecule has 1 aliphatic carbocycles. The predicted molar refractivity (Wildman–Crippen MR) is 72.2 cm³/mol. The fourth-order valence-electron chi connectivity index (χ4n) is 2.76.